The molecule has 0 unspecified atom stereocenters. The van der Waals surface area contributed by atoms with Crippen molar-refractivity contribution in [3.63, 3.8) is 0 Å². The van der Waals surface area contributed by atoms with Gasteiger partial charge in [0, 0.05) is 17.2 Å². The zero-order valence-electron chi connectivity index (χ0n) is 16.9. The van der Waals surface area contributed by atoms with Gasteiger partial charge in [0.25, 0.3) is 0 Å². The monoisotopic (exact) mass is 403 g/mol. The van der Waals surface area contributed by atoms with Crippen molar-refractivity contribution < 1.29 is 13.9 Å². The van der Waals surface area contributed by atoms with Crippen LogP contribution >= 0.6 is 0 Å². The molecule has 152 valence electrons. The first-order valence-electron chi connectivity index (χ1n) is 9.78. The van der Waals surface area contributed by atoms with Gasteiger partial charge in [-0.05, 0) is 67.1 Å². The van der Waals surface area contributed by atoms with E-state index >= 15 is 0 Å². The molecule has 0 amide bonds. The van der Waals surface area contributed by atoms with Gasteiger partial charge in [0.05, 0.1) is 25.1 Å². The molecule has 0 atom stereocenters. The highest BCUT2D eigenvalue weighted by Crippen LogP contribution is 2.32. The first-order valence-corrected chi connectivity index (χ1v) is 9.78. The SMILES string of the molecule is CCCOc1ccc(C2=NC(c3ccc(F)cc3)=Nc3ccc(OC)cc3N2)cc1. The number of hydrogen-bond donors (Lipinski definition) is 1. The Hall–Kier alpha value is -3.67. The fraction of sp³-hybridized carbons (Fsp3) is 0.167. The number of amidine groups is 2. The van der Waals surface area contributed by atoms with E-state index in [0.717, 1.165) is 34.7 Å². The number of ether oxygens (including phenoxy) is 2. The quantitative estimate of drug-likeness (QED) is 0.585. The van der Waals surface area contributed by atoms with Crippen LogP contribution in [-0.2, 0) is 0 Å². The van der Waals surface area contributed by atoms with Crippen LogP contribution in [0, 0.1) is 5.82 Å². The molecule has 30 heavy (non-hydrogen) atoms. The molecule has 0 saturated heterocycles. The van der Waals surface area contributed by atoms with Crippen molar-refractivity contribution in [2.75, 3.05) is 19.0 Å². The third kappa shape index (κ3) is 4.33. The lowest BCUT2D eigenvalue weighted by atomic mass is 10.1. The summed E-state index contributed by atoms with van der Waals surface area (Å²) in [5.74, 6) is 2.34. The van der Waals surface area contributed by atoms with Gasteiger partial charge < -0.3 is 14.8 Å². The maximum Gasteiger partial charge on any atom is 0.162 e. The summed E-state index contributed by atoms with van der Waals surface area (Å²) in [6, 6.07) is 19.5. The van der Waals surface area contributed by atoms with Crippen molar-refractivity contribution in [2.45, 2.75) is 13.3 Å². The largest absolute Gasteiger partial charge is 0.497 e. The third-order valence-corrected chi connectivity index (χ3v) is 4.60. The lowest BCUT2D eigenvalue weighted by molar-refractivity contribution is 0.317. The van der Waals surface area contributed by atoms with Crippen molar-refractivity contribution >= 4 is 23.0 Å². The van der Waals surface area contributed by atoms with Crippen LogP contribution in [-0.4, -0.2) is 25.4 Å². The predicted octanol–water partition coefficient (Wildman–Crippen LogP) is 5.57. The van der Waals surface area contributed by atoms with Gasteiger partial charge in [-0.15, -0.1) is 0 Å². The molecule has 3 aromatic carbocycles. The van der Waals surface area contributed by atoms with Crippen molar-refractivity contribution in [3.05, 3.63) is 83.7 Å². The minimum Gasteiger partial charge on any atom is -0.497 e. The lowest BCUT2D eigenvalue weighted by Gasteiger charge is -2.12. The number of anilines is 1. The van der Waals surface area contributed by atoms with E-state index < -0.39 is 0 Å². The molecule has 5 nitrogen and oxygen atoms in total. The third-order valence-electron chi connectivity index (χ3n) is 4.60. The molecule has 1 heterocycles. The van der Waals surface area contributed by atoms with Crippen LogP contribution < -0.4 is 14.8 Å². The molecule has 1 aliphatic heterocycles. The van der Waals surface area contributed by atoms with Crippen LogP contribution in [0.1, 0.15) is 24.5 Å². The number of fused-ring (bicyclic) bond motifs is 1. The fourth-order valence-corrected chi connectivity index (χ4v) is 3.03. The summed E-state index contributed by atoms with van der Waals surface area (Å²) >= 11 is 0. The van der Waals surface area contributed by atoms with E-state index in [4.69, 9.17) is 19.5 Å². The number of nitrogens with one attached hydrogen (secondary N) is 1. The normalized spacial score (nSPS) is 12.8. The summed E-state index contributed by atoms with van der Waals surface area (Å²) in [5.41, 5.74) is 3.10. The Balaban J connectivity index is 1.76. The fourth-order valence-electron chi connectivity index (χ4n) is 3.03. The van der Waals surface area contributed by atoms with Gasteiger partial charge in [0.1, 0.15) is 23.2 Å². The number of hydrogen-bond acceptors (Lipinski definition) is 5. The van der Waals surface area contributed by atoms with Crippen LogP contribution in [0.3, 0.4) is 0 Å². The second-order valence-corrected chi connectivity index (χ2v) is 6.78. The molecule has 3 aromatic rings. The van der Waals surface area contributed by atoms with Gasteiger partial charge in [0.2, 0.25) is 0 Å². The van der Waals surface area contributed by atoms with Crippen LogP contribution in [0.5, 0.6) is 11.5 Å². The first kappa shape index (κ1) is 19.6. The zero-order chi connectivity index (χ0) is 20.9. The highest BCUT2D eigenvalue weighted by Gasteiger charge is 2.16. The van der Waals surface area contributed by atoms with Gasteiger partial charge in [-0.2, -0.15) is 0 Å². The summed E-state index contributed by atoms with van der Waals surface area (Å²) in [6.45, 7) is 2.74. The van der Waals surface area contributed by atoms with E-state index in [9.17, 15) is 4.39 Å². The van der Waals surface area contributed by atoms with Crippen LogP contribution in [0.25, 0.3) is 0 Å². The molecule has 0 saturated carbocycles. The Morgan fingerprint density at radius 1 is 0.867 bits per heavy atom. The number of halogens is 1. The second kappa shape index (κ2) is 8.78. The minimum absolute atomic E-state index is 0.303. The molecule has 0 fully saturated rings. The van der Waals surface area contributed by atoms with Crippen molar-refractivity contribution in [2.24, 2.45) is 9.98 Å². The van der Waals surface area contributed by atoms with E-state index in [2.05, 4.69) is 12.2 Å². The molecule has 1 aliphatic rings. The Labute approximate surface area is 174 Å². The molecule has 0 aliphatic carbocycles. The molecule has 4 rings (SSSR count). The van der Waals surface area contributed by atoms with E-state index in [1.165, 1.54) is 12.1 Å². The Morgan fingerprint density at radius 3 is 2.27 bits per heavy atom. The summed E-state index contributed by atoms with van der Waals surface area (Å²) in [4.78, 5) is 9.47. The van der Waals surface area contributed by atoms with Gasteiger partial charge in [0.15, 0.2) is 5.84 Å². The molecule has 6 heteroatoms. The average Bonchev–Trinajstić information content (AvgIpc) is 2.97. The highest BCUT2D eigenvalue weighted by molar-refractivity contribution is 6.19. The number of nitrogens with zero attached hydrogens (tertiary/aromatic N) is 2. The second-order valence-electron chi connectivity index (χ2n) is 6.78. The molecule has 0 radical (unpaired) electrons. The topological polar surface area (TPSA) is 55.2 Å². The van der Waals surface area contributed by atoms with Crippen LogP contribution in [0.15, 0.2) is 76.7 Å². The Kier molecular flexibility index (Phi) is 5.75. The summed E-state index contributed by atoms with van der Waals surface area (Å²) < 4.78 is 24.4. The standard InChI is InChI=1S/C24H22FN3O2/c1-3-14-30-19-10-6-17(7-11-19)24-27-22-15-20(29-2)12-13-21(22)26-23(28-24)16-4-8-18(25)9-5-16/h4-13,15H,3,14H2,1-2H3,(H,26,27,28). The molecule has 1 N–H and O–H groups in total. The van der Waals surface area contributed by atoms with Gasteiger partial charge in [-0.25, -0.2) is 14.4 Å². The van der Waals surface area contributed by atoms with Crippen molar-refractivity contribution in [3.8, 4) is 11.5 Å². The number of rotatable bonds is 6. The van der Waals surface area contributed by atoms with Crippen LogP contribution in [0.2, 0.25) is 0 Å². The molecular weight excluding hydrogens is 381 g/mol. The van der Waals surface area contributed by atoms with Gasteiger partial charge in [-0.1, -0.05) is 6.92 Å². The highest BCUT2D eigenvalue weighted by atomic mass is 19.1. The Bertz CT molecular complexity index is 1090. The van der Waals surface area contributed by atoms with Crippen molar-refractivity contribution in [1.82, 2.24) is 0 Å². The zero-order valence-corrected chi connectivity index (χ0v) is 16.9. The van der Waals surface area contributed by atoms with E-state index in [0.29, 0.717) is 24.0 Å². The molecular formula is C24H22FN3O2. The number of methoxy groups -OCH3 is 1. The molecule has 0 aromatic heterocycles. The lowest BCUT2D eigenvalue weighted by Crippen LogP contribution is -2.15. The maximum absolute atomic E-state index is 13.4. The smallest absolute Gasteiger partial charge is 0.162 e. The van der Waals surface area contributed by atoms with Gasteiger partial charge in [-0.3, -0.25) is 0 Å². The predicted molar refractivity (Wildman–Crippen MR) is 118 cm³/mol. The first-order chi connectivity index (χ1) is 14.7. The van der Waals surface area contributed by atoms with E-state index in [1.807, 2.05) is 42.5 Å². The summed E-state index contributed by atoms with van der Waals surface area (Å²) in [6.07, 6.45) is 0.951. The average molecular weight is 403 g/mol. The summed E-state index contributed by atoms with van der Waals surface area (Å²) in [7, 11) is 1.62. The number of aliphatic imine (C=N–C) groups is 2. The van der Waals surface area contributed by atoms with Gasteiger partial charge >= 0.3 is 0 Å². The van der Waals surface area contributed by atoms with Crippen LogP contribution in [0.4, 0.5) is 15.8 Å². The molecule has 0 bridgehead atoms. The molecule has 0 spiro atoms. The van der Waals surface area contributed by atoms with E-state index in [-0.39, 0.29) is 5.82 Å². The summed E-state index contributed by atoms with van der Waals surface area (Å²) in [5, 5.41) is 3.36. The number of benzene rings is 3. The van der Waals surface area contributed by atoms with Crippen molar-refractivity contribution in [1.29, 1.82) is 0 Å². The van der Waals surface area contributed by atoms with E-state index in [1.54, 1.807) is 19.2 Å². The maximum atomic E-state index is 13.4. The Morgan fingerprint density at radius 2 is 1.57 bits per heavy atom. The minimum atomic E-state index is -0.303.